The van der Waals surface area contributed by atoms with Crippen molar-refractivity contribution in [3.05, 3.63) is 24.3 Å². The lowest BCUT2D eigenvalue weighted by Gasteiger charge is -2.42. The van der Waals surface area contributed by atoms with Crippen LogP contribution in [0.5, 0.6) is 5.75 Å². The zero-order valence-electron chi connectivity index (χ0n) is 14.5. The first kappa shape index (κ1) is 20.6. The normalized spacial score (nSPS) is 20.0. The zero-order chi connectivity index (χ0) is 19.4. The maximum atomic E-state index is 13.0. The molecule has 1 aliphatic rings. The average Bonchev–Trinajstić information content (AvgIpc) is 2.57. The number of aliphatic hydroxyl groups excluding tert-OH is 1. The van der Waals surface area contributed by atoms with Crippen LogP contribution in [-0.4, -0.2) is 65.2 Å². The summed E-state index contributed by atoms with van der Waals surface area (Å²) in [6.45, 7) is 3.44. The number of carbonyl (C=O) groups is 1. The zero-order valence-corrected chi connectivity index (χ0v) is 16.1. The standard InChI is InChI=1S/C17H21NO6S2/c1-17(2)15(16(20)21)18(9-12-25-17)26(22,23)14-7-5-13(6-8-14)24-11-4-3-10-19/h5-8,15,19H,9-12H2,1-2H3,(H,20,21). The Hall–Kier alpha value is -1.73. The fraction of sp³-hybridized carbons (Fsp3) is 0.471. The van der Waals surface area contributed by atoms with E-state index in [-0.39, 0.29) is 24.7 Å². The van der Waals surface area contributed by atoms with E-state index in [4.69, 9.17) is 9.84 Å². The maximum Gasteiger partial charge on any atom is 0.323 e. The number of aliphatic carboxylic acids is 1. The van der Waals surface area contributed by atoms with Crippen LogP contribution in [-0.2, 0) is 14.8 Å². The number of nitrogens with zero attached hydrogens (tertiary/aromatic N) is 1. The molecule has 0 saturated carbocycles. The molecule has 0 radical (unpaired) electrons. The van der Waals surface area contributed by atoms with E-state index in [1.807, 2.05) is 0 Å². The summed E-state index contributed by atoms with van der Waals surface area (Å²) in [5.41, 5.74) is 0. The molecule has 1 saturated heterocycles. The van der Waals surface area contributed by atoms with Gasteiger partial charge in [-0.2, -0.15) is 16.1 Å². The highest BCUT2D eigenvalue weighted by Gasteiger charge is 2.48. The third-order valence-corrected chi connectivity index (χ3v) is 7.14. The fourth-order valence-electron chi connectivity index (χ4n) is 2.70. The minimum absolute atomic E-state index is 0.0141. The second kappa shape index (κ2) is 8.31. The second-order valence-electron chi connectivity index (χ2n) is 6.08. The summed E-state index contributed by atoms with van der Waals surface area (Å²) in [5, 5.41) is 18.1. The predicted molar refractivity (Wildman–Crippen MR) is 98.7 cm³/mol. The summed E-state index contributed by atoms with van der Waals surface area (Å²) in [4.78, 5) is 11.7. The minimum atomic E-state index is -3.95. The van der Waals surface area contributed by atoms with Gasteiger partial charge >= 0.3 is 5.97 Å². The number of aliphatic hydroxyl groups is 1. The van der Waals surface area contributed by atoms with Crippen molar-refractivity contribution in [2.24, 2.45) is 0 Å². The van der Waals surface area contributed by atoms with Crippen molar-refractivity contribution < 1.29 is 28.2 Å². The van der Waals surface area contributed by atoms with Gasteiger partial charge in [-0.1, -0.05) is 11.8 Å². The molecule has 0 amide bonds. The third kappa shape index (κ3) is 4.51. The van der Waals surface area contributed by atoms with Gasteiger partial charge in [-0.3, -0.25) is 4.79 Å². The van der Waals surface area contributed by atoms with Crippen molar-refractivity contribution in [3.8, 4) is 17.6 Å². The van der Waals surface area contributed by atoms with E-state index in [1.54, 1.807) is 13.8 Å². The molecular formula is C17H21NO6S2. The van der Waals surface area contributed by atoms with E-state index in [1.165, 1.54) is 36.0 Å². The number of carboxylic acids is 1. The summed E-state index contributed by atoms with van der Waals surface area (Å²) in [6, 6.07) is 4.62. The summed E-state index contributed by atoms with van der Waals surface area (Å²) < 4.78 is 31.6. The molecule has 0 spiro atoms. The van der Waals surface area contributed by atoms with E-state index in [2.05, 4.69) is 11.8 Å². The first-order chi connectivity index (χ1) is 12.2. The molecule has 142 valence electrons. The number of thioether (sulfide) groups is 1. The molecule has 1 heterocycles. The maximum absolute atomic E-state index is 13.0. The van der Waals surface area contributed by atoms with E-state index < -0.39 is 26.8 Å². The number of carboxylic acid groups (broad SMARTS) is 1. The van der Waals surface area contributed by atoms with Gasteiger partial charge in [0.2, 0.25) is 10.0 Å². The first-order valence-electron chi connectivity index (χ1n) is 7.88. The molecule has 9 heteroatoms. The van der Waals surface area contributed by atoms with Crippen molar-refractivity contribution >= 4 is 27.8 Å². The highest BCUT2D eigenvalue weighted by Crippen LogP contribution is 2.38. The molecule has 7 nitrogen and oxygen atoms in total. The molecule has 0 aliphatic carbocycles. The second-order valence-corrected chi connectivity index (χ2v) is 9.72. The molecule has 1 aromatic rings. The Morgan fingerprint density at radius 1 is 1.35 bits per heavy atom. The number of ether oxygens (including phenoxy) is 1. The topological polar surface area (TPSA) is 104 Å². The monoisotopic (exact) mass is 399 g/mol. The van der Waals surface area contributed by atoms with E-state index in [0.717, 1.165) is 4.31 Å². The summed E-state index contributed by atoms with van der Waals surface area (Å²) in [7, 11) is -3.95. The predicted octanol–water partition coefficient (Wildman–Crippen LogP) is 1.03. The van der Waals surface area contributed by atoms with E-state index in [9.17, 15) is 18.3 Å². The molecule has 0 aromatic heterocycles. The van der Waals surface area contributed by atoms with Crippen LogP contribution in [0.4, 0.5) is 0 Å². The molecular weight excluding hydrogens is 378 g/mol. The fourth-order valence-corrected chi connectivity index (χ4v) is 5.80. The Kier molecular flexibility index (Phi) is 6.58. The summed E-state index contributed by atoms with van der Waals surface area (Å²) in [5.74, 6) is 4.83. The lowest BCUT2D eigenvalue weighted by atomic mass is 10.0. The quantitative estimate of drug-likeness (QED) is 0.713. The number of benzene rings is 1. The average molecular weight is 399 g/mol. The van der Waals surface area contributed by atoms with Crippen LogP contribution in [0.3, 0.4) is 0 Å². The highest BCUT2D eigenvalue weighted by atomic mass is 32.2. The molecule has 0 bridgehead atoms. The number of sulfonamides is 1. The van der Waals surface area contributed by atoms with Crippen LogP contribution in [0.2, 0.25) is 0 Å². The minimum Gasteiger partial charge on any atom is -0.481 e. The van der Waals surface area contributed by atoms with Gasteiger partial charge in [0.05, 0.1) is 4.90 Å². The van der Waals surface area contributed by atoms with E-state index >= 15 is 0 Å². The van der Waals surface area contributed by atoms with Crippen molar-refractivity contribution in [2.45, 2.75) is 29.5 Å². The SMILES string of the molecule is CC1(C)SCCN(S(=O)(=O)c2ccc(OCC#CCO)cc2)C1C(=O)O. The third-order valence-electron chi connectivity index (χ3n) is 3.91. The van der Waals surface area contributed by atoms with Gasteiger partial charge < -0.3 is 14.9 Å². The van der Waals surface area contributed by atoms with Gasteiger partial charge in [0, 0.05) is 17.0 Å². The van der Waals surface area contributed by atoms with Crippen LogP contribution >= 0.6 is 11.8 Å². The molecule has 1 aromatic carbocycles. The number of hydrogen-bond acceptors (Lipinski definition) is 6. The van der Waals surface area contributed by atoms with Gasteiger partial charge in [-0.05, 0) is 38.1 Å². The van der Waals surface area contributed by atoms with Crippen molar-refractivity contribution in [3.63, 3.8) is 0 Å². The van der Waals surface area contributed by atoms with Crippen LogP contribution in [0, 0.1) is 11.8 Å². The smallest absolute Gasteiger partial charge is 0.323 e. The number of rotatable bonds is 5. The van der Waals surface area contributed by atoms with Gasteiger partial charge in [0.15, 0.2) is 0 Å². The van der Waals surface area contributed by atoms with Gasteiger partial charge in [-0.25, -0.2) is 8.42 Å². The highest BCUT2D eigenvalue weighted by molar-refractivity contribution is 8.00. The lowest BCUT2D eigenvalue weighted by molar-refractivity contribution is -0.142. The Bertz CT molecular complexity index is 808. The molecule has 2 rings (SSSR count). The Morgan fingerprint density at radius 2 is 2.00 bits per heavy atom. The molecule has 2 N–H and O–H groups in total. The van der Waals surface area contributed by atoms with Crippen molar-refractivity contribution in [2.75, 3.05) is 25.5 Å². The van der Waals surface area contributed by atoms with Gasteiger partial charge in [0.25, 0.3) is 0 Å². The molecule has 1 atom stereocenters. The summed E-state index contributed by atoms with van der Waals surface area (Å²) >= 11 is 1.45. The number of hydrogen-bond donors (Lipinski definition) is 2. The van der Waals surface area contributed by atoms with Crippen molar-refractivity contribution in [1.29, 1.82) is 0 Å². The molecule has 1 unspecified atom stereocenters. The Balaban J connectivity index is 2.24. The van der Waals surface area contributed by atoms with Crippen LogP contribution in [0.15, 0.2) is 29.2 Å². The Morgan fingerprint density at radius 3 is 2.58 bits per heavy atom. The summed E-state index contributed by atoms with van der Waals surface area (Å²) in [6.07, 6.45) is 0. The van der Waals surface area contributed by atoms with Gasteiger partial charge in [-0.15, -0.1) is 0 Å². The molecule has 26 heavy (non-hydrogen) atoms. The van der Waals surface area contributed by atoms with Gasteiger partial charge in [0.1, 0.15) is 25.0 Å². The molecule has 1 fully saturated rings. The van der Waals surface area contributed by atoms with E-state index in [0.29, 0.717) is 11.5 Å². The van der Waals surface area contributed by atoms with Crippen LogP contribution in [0.1, 0.15) is 13.8 Å². The molecule has 1 aliphatic heterocycles. The van der Waals surface area contributed by atoms with Crippen LogP contribution in [0.25, 0.3) is 0 Å². The van der Waals surface area contributed by atoms with Crippen LogP contribution < -0.4 is 4.74 Å². The van der Waals surface area contributed by atoms with Crippen molar-refractivity contribution in [1.82, 2.24) is 4.31 Å². The first-order valence-corrected chi connectivity index (χ1v) is 10.3. The Labute approximate surface area is 157 Å². The lowest BCUT2D eigenvalue weighted by Crippen LogP contribution is -2.58. The largest absolute Gasteiger partial charge is 0.481 e.